The lowest BCUT2D eigenvalue weighted by atomic mass is 10.2. The van der Waals surface area contributed by atoms with Gasteiger partial charge in [0.05, 0.1) is 28.0 Å². The smallest absolute Gasteiger partial charge is 0.160 e. The van der Waals surface area contributed by atoms with E-state index in [2.05, 4.69) is 41.6 Å². The molecule has 3 rings (SSSR count). The first kappa shape index (κ1) is 23.9. The summed E-state index contributed by atoms with van der Waals surface area (Å²) < 4.78 is 2.12. The van der Waals surface area contributed by atoms with Crippen LogP contribution in [0.4, 0.5) is 5.82 Å². The van der Waals surface area contributed by atoms with Crippen LogP contribution in [0.2, 0.25) is 10.0 Å². The number of hydrogen-bond donors (Lipinski definition) is 0. The molecule has 2 heterocycles. The number of hydrogen-bond acceptors (Lipinski definition) is 4. The second kappa shape index (κ2) is 10.7. The fourth-order valence-corrected chi connectivity index (χ4v) is 3.76. The van der Waals surface area contributed by atoms with Gasteiger partial charge in [-0.05, 0) is 36.9 Å². The maximum atomic E-state index is 6.59. The molecule has 32 heavy (non-hydrogen) atoms. The minimum absolute atomic E-state index is 0.492. The van der Waals surface area contributed by atoms with Crippen LogP contribution in [0.25, 0.3) is 17.1 Å². The molecule has 0 radical (unpaired) electrons. The summed E-state index contributed by atoms with van der Waals surface area (Å²) in [6, 6.07) is 11.5. The fraction of sp³-hybridized carbons (Fsp3) is 0.280. The van der Waals surface area contributed by atoms with Crippen molar-refractivity contribution in [3.8, 4) is 11.4 Å². The van der Waals surface area contributed by atoms with E-state index in [1.807, 2.05) is 48.3 Å². The van der Waals surface area contributed by atoms with E-state index in [-0.39, 0.29) is 0 Å². The minimum Gasteiger partial charge on any atom is -0.373 e. The van der Waals surface area contributed by atoms with Crippen molar-refractivity contribution >= 4 is 34.7 Å². The van der Waals surface area contributed by atoms with Crippen LogP contribution in [0, 0.1) is 0 Å². The molecule has 0 saturated heterocycles. The van der Waals surface area contributed by atoms with Gasteiger partial charge in [0.2, 0.25) is 0 Å². The Morgan fingerprint density at radius 2 is 1.91 bits per heavy atom. The van der Waals surface area contributed by atoms with Crippen molar-refractivity contribution in [3.05, 3.63) is 83.4 Å². The first-order chi connectivity index (χ1) is 15.4. The van der Waals surface area contributed by atoms with E-state index in [9.17, 15) is 0 Å². The van der Waals surface area contributed by atoms with Crippen LogP contribution < -0.4 is 4.90 Å². The molecule has 2 aromatic heterocycles. The lowest BCUT2D eigenvalue weighted by molar-refractivity contribution is 0.459. The Morgan fingerprint density at radius 1 is 1.16 bits per heavy atom. The van der Waals surface area contributed by atoms with E-state index >= 15 is 0 Å². The van der Waals surface area contributed by atoms with Crippen LogP contribution in [-0.4, -0.2) is 40.1 Å². The van der Waals surface area contributed by atoms with Gasteiger partial charge in [-0.15, -0.1) is 0 Å². The number of anilines is 1. The second-order valence-electron chi connectivity index (χ2n) is 7.66. The Balaban J connectivity index is 2.23. The van der Waals surface area contributed by atoms with E-state index in [4.69, 9.17) is 28.2 Å². The monoisotopic (exact) mass is 469 g/mol. The Labute approximate surface area is 200 Å². The number of aromatic nitrogens is 3. The van der Waals surface area contributed by atoms with E-state index in [1.54, 1.807) is 12.4 Å². The third kappa shape index (κ3) is 5.17. The largest absolute Gasteiger partial charge is 0.373 e. The van der Waals surface area contributed by atoms with Gasteiger partial charge >= 0.3 is 0 Å². The molecule has 3 aromatic rings. The minimum atomic E-state index is 0.492. The van der Waals surface area contributed by atoms with Gasteiger partial charge in [0.25, 0.3) is 0 Å². The maximum absolute atomic E-state index is 6.59. The zero-order valence-corrected chi connectivity index (χ0v) is 20.4. The molecule has 5 nitrogen and oxygen atoms in total. The highest BCUT2D eigenvalue weighted by Crippen LogP contribution is 2.36. The van der Waals surface area contributed by atoms with Gasteiger partial charge in [-0.25, -0.2) is 4.98 Å². The summed E-state index contributed by atoms with van der Waals surface area (Å²) in [5, 5.41) is 1.23. The van der Waals surface area contributed by atoms with Crippen LogP contribution in [0.5, 0.6) is 0 Å². The molecule has 0 aliphatic carbocycles. The molecular formula is C25H29Cl2N5. The standard InChI is InChI=1S/C25H29Cl2N5/c1-6-8-15-31(5)18(3)23-25(30(4)7-2)29-24(21-11-9-10-12-22(21)27)32(23)17-20-14-13-19(26)16-28-20/h7,9-14,16H,2-3,6,8,15,17H2,1,4-5H3. The Bertz CT molecular complexity index is 1090. The molecule has 0 fully saturated rings. The summed E-state index contributed by atoms with van der Waals surface area (Å²) in [4.78, 5) is 13.6. The highest BCUT2D eigenvalue weighted by atomic mass is 35.5. The predicted octanol–water partition coefficient (Wildman–Crippen LogP) is 6.58. The average Bonchev–Trinajstić information content (AvgIpc) is 3.16. The molecule has 1 aromatic carbocycles. The first-order valence-electron chi connectivity index (χ1n) is 10.6. The Kier molecular flexibility index (Phi) is 7.99. The SMILES string of the molecule is C=CN(C)c1nc(-c2ccccc2Cl)n(Cc2ccc(Cl)cn2)c1C(=C)N(C)CCCC. The lowest BCUT2D eigenvalue weighted by Crippen LogP contribution is -2.22. The Hall–Kier alpha value is -2.76. The van der Waals surface area contributed by atoms with Crippen LogP contribution in [0.15, 0.2) is 62.0 Å². The highest BCUT2D eigenvalue weighted by molar-refractivity contribution is 6.33. The van der Waals surface area contributed by atoms with Gasteiger partial charge < -0.3 is 14.4 Å². The molecule has 0 saturated carbocycles. The number of pyridine rings is 1. The predicted molar refractivity (Wildman–Crippen MR) is 136 cm³/mol. The van der Waals surface area contributed by atoms with Crippen molar-refractivity contribution < 1.29 is 0 Å². The van der Waals surface area contributed by atoms with Crippen LogP contribution >= 0.6 is 23.2 Å². The summed E-state index contributed by atoms with van der Waals surface area (Å²) in [5.41, 5.74) is 3.48. The quantitative estimate of drug-likeness (QED) is 0.335. The van der Waals surface area contributed by atoms with E-state index in [0.29, 0.717) is 16.6 Å². The number of unbranched alkanes of at least 4 members (excludes halogenated alkanes) is 1. The van der Waals surface area contributed by atoms with E-state index < -0.39 is 0 Å². The van der Waals surface area contributed by atoms with E-state index in [1.165, 1.54) is 0 Å². The van der Waals surface area contributed by atoms with Crippen molar-refractivity contribution in [2.45, 2.75) is 26.3 Å². The molecule has 0 aliphatic rings. The number of nitrogens with zero attached hydrogens (tertiary/aromatic N) is 5. The van der Waals surface area contributed by atoms with Gasteiger partial charge in [-0.1, -0.05) is 61.8 Å². The third-order valence-electron chi connectivity index (χ3n) is 5.36. The molecule has 7 heteroatoms. The van der Waals surface area contributed by atoms with Crippen molar-refractivity contribution in [1.82, 2.24) is 19.4 Å². The topological polar surface area (TPSA) is 37.2 Å². The summed E-state index contributed by atoms with van der Waals surface area (Å²) >= 11 is 12.6. The molecule has 168 valence electrons. The van der Waals surface area contributed by atoms with Gasteiger partial charge in [0, 0.05) is 32.4 Å². The molecule has 0 unspecified atom stereocenters. The zero-order valence-electron chi connectivity index (χ0n) is 18.9. The van der Waals surface area contributed by atoms with Gasteiger partial charge in [0.1, 0.15) is 11.5 Å². The number of imidazole rings is 1. The Morgan fingerprint density at radius 3 is 2.53 bits per heavy atom. The van der Waals surface area contributed by atoms with Crippen molar-refractivity contribution in [3.63, 3.8) is 0 Å². The van der Waals surface area contributed by atoms with Crippen molar-refractivity contribution in [2.75, 3.05) is 25.5 Å². The number of benzene rings is 1. The highest BCUT2D eigenvalue weighted by Gasteiger charge is 2.25. The van der Waals surface area contributed by atoms with Crippen molar-refractivity contribution in [1.29, 1.82) is 0 Å². The van der Waals surface area contributed by atoms with Gasteiger partial charge in [-0.2, -0.15) is 0 Å². The molecule has 0 spiro atoms. The number of rotatable bonds is 10. The van der Waals surface area contributed by atoms with Crippen molar-refractivity contribution in [2.24, 2.45) is 0 Å². The molecular weight excluding hydrogens is 441 g/mol. The van der Waals surface area contributed by atoms with Crippen LogP contribution in [-0.2, 0) is 6.54 Å². The second-order valence-corrected chi connectivity index (χ2v) is 8.50. The molecule has 0 aliphatic heterocycles. The van der Waals surface area contributed by atoms with Gasteiger partial charge in [-0.3, -0.25) is 4.98 Å². The lowest BCUT2D eigenvalue weighted by Gasteiger charge is -2.25. The normalized spacial score (nSPS) is 10.8. The average molecular weight is 470 g/mol. The van der Waals surface area contributed by atoms with E-state index in [0.717, 1.165) is 53.7 Å². The van der Waals surface area contributed by atoms with Gasteiger partial charge in [0.15, 0.2) is 5.82 Å². The summed E-state index contributed by atoms with van der Waals surface area (Å²) in [5.74, 6) is 1.51. The molecule has 0 N–H and O–H groups in total. The molecule has 0 amide bonds. The van der Waals surface area contributed by atoms with Crippen LogP contribution in [0.1, 0.15) is 31.2 Å². The van der Waals surface area contributed by atoms with Crippen LogP contribution in [0.3, 0.4) is 0 Å². The summed E-state index contributed by atoms with van der Waals surface area (Å²) in [6.45, 7) is 11.9. The number of halogens is 2. The summed E-state index contributed by atoms with van der Waals surface area (Å²) in [7, 11) is 3.99. The summed E-state index contributed by atoms with van der Waals surface area (Å²) in [6.07, 6.45) is 5.58. The third-order valence-corrected chi connectivity index (χ3v) is 5.92. The molecule has 0 atom stereocenters. The fourth-order valence-electron chi connectivity index (χ4n) is 3.43. The zero-order chi connectivity index (χ0) is 23.3. The maximum Gasteiger partial charge on any atom is 0.160 e. The first-order valence-corrected chi connectivity index (χ1v) is 11.3. The molecule has 0 bridgehead atoms.